The fourth-order valence-corrected chi connectivity index (χ4v) is 2.77. The largest absolute Gasteiger partial charge is 0.374 e. The Balaban J connectivity index is 2.09. The summed E-state index contributed by atoms with van der Waals surface area (Å²) in [4.78, 5) is 0. The molecule has 1 saturated heterocycles. The predicted molar refractivity (Wildman–Crippen MR) is 54.7 cm³/mol. The molecule has 14 heavy (non-hydrogen) atoms. The number of ether oxygens (including phenoxy) is 1. The molecular weight excluding hydrogens is 174 g/mol. The van der Waals surface area contributed by atoms with E-state index in [4.69, 9.17) is 10.00 Å². The lowest BCUT2D eigenvalue weighted by atomic mass is 9.67. The quantitative estimate of drug-likeness (QED) is 0.592. The predicted octanol–water partition coefficient (Wildman–Crippen LogP) is 2.89. The maximum absolute atomic E-state index is 9.08. The van der Waals surface area contributed by atoms with E-state index in [1.807, 2.05) is 0 Å². The van der Waals surface area contributed by atoms with Crippen LogP contribution in [0.3, 0.4) is 0 Å². The van der Waals surface area contributed by atoms with Gasteiger partial charge < -0.3 is 4.74 Å². The molecule has 1 aliphatic heterocycles. The molecule has 0 radical (unpaired) electrons. The van der Waals surface area contributed by atoms with Crippen LogP contribution in [0.2, 0.25) is 0 Å². The fraction of sp³-hybridized carbons (Fsp3) is 0.917. The fourth-order valence-electron chi connectivity index (χ4n) is 2.77. The average Bonchev–Trinajstić information content (AvgIpc) is 2.54. The zero-order valence-electron chi connectivity index (χ0n) is 9.18. The molecule has 0 aromatic rings. The van der Waals surface area contributed by atoms with E-state index in [1.165, 1.54) is 12.8 Å². The Labute approximate surface area is 86.2 Å². The van der Waals surface area contributed by atoms with Crippen LogP contribution in [-0.4, -0.2) is 12.2 Å². The molecule has 0 bridgehead atoms. The van der Waals surface area contributed by atoms with Crippen molar-refractivity contribution in [3.05, 3.63) is 0 Å². The highest BCUT2D eigenvalue weighted by Gasteiger charge is 2.48. The van der Waals surface area contributed by atoms with Crippen molar-refractivity contribution in [1.29, 1.82) is 5.26 Å². The van der Waals surface area contributed by atoms with E-state index in [2.05, 4.69) is 19.9 Å². The molecule has 2 heteroatoms. The van der Waals surface area contributed by atoms with Gasteiger partial charge >= 0.3 is 0 Å². The second kappa shape index (κ2) is 3.24. The van der Waals surface area contributed by atoms with Gasteiger partial charge in [-0.3, -0.25) is 0 Å². The molecule has 1 heterocycles. The van der Waals surface area contributed by atoms with Crippen LogP contribution in [0.15, 0.2) is 0 Å². The smallest absolute Gasteiger partial charge is 0.0841 e. The molecule has 78 valence electrons. The molecule has 1 aliphatic carbocycles. The van der Waals surface area contributed by atoms with Gasteiger partial charge in [0, 0.05) is 6.61 Å². The van der Waals surface area contributed by atoms with Gasteiger partial charge in [0.25, 0.3) is 0 Å². The summed E-state index contributed by atoms with van der Waals surface area (Å²) in [6, 6.07) is 2.43. The Morgan fingerprint density at radius 1 is 1.21 bits per heavy atom. The molecule has 0 amide bonds. The highest BCUT2D eigenvalue weighted by molar-refractivity contribution is 5.06. The minimum atomic E-state index is -0.0652. The van der Waals surface area contributed by atoms with Crippen molar-refractivity contribution in [2.75, 3.05) is 6.61 Å². The Hall–Kier alpha value is -0.550. The number of hydrogen-bond acceptors (Lipinski definition) is 2. The summed E-state index contributed by atoms with van der Waals surface area (Å²) < 4.78 is 5.86. The molecular formula is C12H19NO. The van der Waals surface area contributed by atoms with Crippen molar-refractivity contribution in [2.24, 2.45) is 11.3 Å². The van der Waals surface area contributed by atoms with Crippen molar-refractivity contribution in [2.45, 2.75) is 51.6 Å². The van der Waals surface area contributed by atoms with Gasteiger partial charge in [0.15, 0.2) is 0 Å². The van der Waals surface area contributed by atoms with Crippen LogP contribution in [0, 0.1) is 22.7 Å². The SMILES string of the molecule is CC1(C)CCC2(CC1)OCCC2C#N. The Kier molecular flexibility index (Phi) is 2.31. The van der Waals surface area contributed by atoms with Crippen LogP contribution in [-0.2, 0) is 4.74 Å². The second-order valence-electron chi connectivity index (χ2n) is 5.55. The Morgan fingerprint density at radius 2 is 1.86 bits per heavy atom. The maximum atomic E-state index is 9.08. The van der Waals surface area contributed by atoms with Gasteiger partial charge in [-0.05, 0) is 37.5 Å². The number of hydrogen-bond donors (Lipinski definition) is 0. The molecule has 0 aromatic heterocycles. The molecule has 1 spiro atoms. The van der Waals surface area contributed by atoms with Crippen molar-refractivity contribution in [1.82, 2.24) is 0 Å². The van der Waals surface area contributed by atoms with Crippen molar-refractivity contribution < 1.29 is 4.74 Å². The van der Waals surface area contributed by atoms with Crippen LogP contribution in [0.25, 0.3) is 0 Å². The van der Waals surface area contributed by atoms with Gasteiger partial charge in [0.2, 0.25) is 0 Å². The van der Waals surface area contributed by atoms with Crippen LogP contribution in [0.4, 0.5) is 0 Å². The first kappa shape index (κ1) is 9.98. The number of rotatable bonds is 0. The van der Waals surface area contributed by atoms with Crippen molar-refractivity contribution in [3.63, 3.8) is 0 Å². The first-order chi connectivity index (χ1) is 6.58. The zero-order chi connectivity index (χ0) is 10.2. The van der Waals surface area contributed by atoms with Crippen LogP contribution < -0.4 is 0 Å². The molecule has 1 atom stereocenters. The minimum absolute atomic E-state index is 0.0652. The molecule has 1 unspecified atom stereocenters. The lowest BCUT2D eigenvalue weighted by molar-refractivity contribution is -0.0607. The molecule has 2 fully saturated rings. The number of nitriles is 1. The van der Waals surface area contributed by atoms with Gasteiger partial charge in [-0.1, -0.05) is 13.8 Å². The third-order valence-electron chi connectivity index (χ3n) is 4.04. The topological polar surface area (TPSA) is 33.0 Å². The van der Waals surface area contributed by atoms with Gasteiger partial charge in [-0.25, -0.2) is 0 Å². The first-order valence-electron chi connectivity index (χ1n) is 5.62. The van der Waals surface area contributed by atoms with Gasteiger partial charge in [0.05, 0.1) is 17.6 Å². The minimum Gasteiger partial charge on any atom is -0.374 e. The summed E-state index contributed by atoms with van der Waals surface area (Å²) in [5, 5.41) is 9.08. The zero-order valence-corrected chi connectivity index (χ0v) is 9.18. The standard InChI is InChI=1S/C12H19NO/c1-11(2)4-6-12(7-5-11)10(9-13)3-8-14-12/h10H,3-8H2,1-2H3. The molecule has 0 N–H and O–H groups in total. The van der Waals surface area contributed by atoms with Crippen LogP contribution in [0.5, 0.6) is 0 Å². The number of nitrogens with zero attached hydrogens (tertiary/aromatic N) is 1. The lowest BCUT2D eigenvalue weighted by Gasteiger charge is -2.42. The Bertz CT molecular complexity index is 254. The molecule has 0 aromatic carbocycles. The van der Waals surface area contributed by atoms with Gasteiger partial charge in [-0.15, -0.1) is 0 Å². The highest BCUT2D eigenvalue weighted by atomic mass is 16.5. The normalized spacial score (nSPS) is 34.2. The summed E-state index contributed by atoms with van der Waals surface area (Å²) in [6.45, 7) is 5.42. The third kappa shape index (κ3) is 1.54. The average molecular weight is 193 g/mol. The summed E-state index contributed by atoms with van der Waals surface area (Å²) in [7, 11) is 0. The van der Waals surface area contributed by atoms with E-state index in [1.54, 1.807) is 0 Å². The van der Waals surface area contributed by atoms with Crippen molar-refractivity contribution >= 4 is 0 Å². The van der Waals surface area contributed by atoms with Gasteiger partial charge in [0.1, 0.15) is 0 Å². The van der Waals surface area contributed by atoms with Crippen molar-refractivity contribution in [3.8, 4) is 6.07 Å². The molecule has 2 aliphatic rings. The molecule has 2 nitrogen and oxygen atoms in total. The molecule has 1 saturated carbocycles. The molecule has 2 rings (SSSR count). The highest BCUT2D eigenvalue weighted by Crippen LogP contribution is 2.48. The Morgan fingerprint density at radius 3 is 2.43 bits per heavy atom. The third-order valence-corrected chi connectivity index (χ3v) is 4.04. The first-order valence-corrected chi connectivity index (χ1v) is 5.62. The van der Waals surface area contributed by atoms with E-state index >= 15 is 0 Å². The van der Waals surface area contributed by atoms with E-state index < -0.39 is 0 Å². The van der Waals surface area contributed by atoms with Gasteiger partial charge in [-0.2, -0.15) is 5.26 Å². The monoisotopic (exact) mass is 193 g/mol. The summed E-state index contributed by atoms with van der Waals surface area (Å²) in [5.74, 6) is 0.151. The summed E-state index contributed by atoms with van der Waals surface area (Å²) in [6.07, 6.45) is 5.50. The van der Waals surface area contributed by atoms with E-state index in [0.717, 1.165) is 25.9 Å². The summed E-state index contributed by atoms with van der Waals surface area (Å²) >= 11 is 0. The summed E-state index contributed by atoms with van der Waals surface area (Å²) in [5.41, 5.74) is 0.390. The van der Waals surface area contributed by atoms with Crippen LogP contribution in [0.1, 0.15) is 46.0 Å². The van der Waals surface area contributed by atoms with Crippen LogP contribution >= 0.6 is 0 Å². The van der Waals surface area contributed by atoms with E-state index in [-0.39, 0.29) is 11.5 Å². The lowest BCUT2D eigenvalue weighted by Crippen LogP contribution is -2.41. The second-order valence-corrected chi connectivity index (χ2v) is 5.55. The van der Waals surface area contributed by atoms with E-state index in [9.17, 15) is 0 Å². The van der Waals surface area contributed by atoms with E-state index in [0.29, 0.717) is 5.41 Å². The maximum Gasteiger partial charge on any atom is 0.0841 e.